The summed E-state index contributed by atoms with van der Waals surface area (Å²) < 4.78 is 1.98. The molecule has 0 unspecified atom stereocenters. The Kier molecular flexibility index (Phi) is 7.92. The van der Waals surface area contributed by atoms with Gasteiger partial charge in [0.25, 0.3) is 0 Å². The van der Waals surface area contributed by atoms with Crippen LogP contribution in [-0.2, 0) is 18.3 Å². The molecule has 152 valence electrons. The van der Waals surface area contributed by atoms with Crippen molar-refractivity contribution in [2.75, 3.05) is 11.1 Å². The van der Waals surface area contributed by atoms with Gasteiger partial charge in [-0.15, -0.1) is 10.2 Å². The van der Waals surface area contributed by atoms with Gasteiger partial charge in [0, 0.05) is 13.5 Å². The molecule has 1 amide bonds. The lowest BCUT2D eigenvalue weighted by Crippen LogP contribution is -2.15. The van der Waals surface area contributed by atoms with Gasteiger partial charge in [0.2, 0.25) is 5.91 Å². The van der Waals surface area contributed by atoms with Crippen LogP contribution in [0.2, 0.25) is 15.1 Å². The molecule has 0 radical (unpaired) electrons. The highest BCUT2D eigenvalue weighted by Crippen LogP contribution is 2.32. The number of rotatable bonds is 7. The summed E-state index contributed by atoms with van der Waals surface area (Å²) in [4.78, 5) is 12.3. The van der Waals surface area contributed by atoms with Crippen LogP contribution >= 0.6 is 46.6 Å². The number of thioether (sulfide) groups is 1. The lowest BCUT2D eigenvalue weighted by atomic mass is 9.86. The summed E-state index contributed by atoms with van der Waals surface area (Å²) in [6, 6.07) is 3.05. The minimum atomic E-state index is -0.197. The number of hydrogen-bond donors (Lipinski definition) is 1. The zero-order valence-electron chi connectivity index (χ0n) is 15.7. The highest BCUT2D eigenvalue weighted by molar-refractivity contribution is 7.99. The maximum atomic E-state index is 12.3. The summed E-state index contributed by atoms with van der Waals surface area (Å²) in [5.41, 5.74) is 0.438. The fraction of sp³-hybridized carbons (Fsp3) is 0.526. The molecular formula is C19H23Cl3N4OS. The van der Waals surface area contributed by atoms with E-state index in [2.05, 4.69) is 15.5 Å². The number of anilines is 1. The van der Waals surface area contributed by atoms with Gasteiger partial charge in [-0.05, 0) is 24.5 Å². The predicted molar refractivity (Wildman–Crippen MR) is 117 cm³/mol. The Hall–Kier alpha value is -0.950. The van der Waals surface area contributed by atoms with Gasteiger partial charge in [-0.2, -0.15) is 0 Å². The maximum absolute atomic E-state index is 12.3. The first-order chi connectivity index (χ1) is 13.4. The van der Waals surface area contributed by atoms with Crippen LogP contribution in [0, 0.1) is 5.92 Å². The van der Waals surface area contributed by atoms with E-state index in [4.69, 9.17) is 34.8 Å². The number of aryl methyl sites for hydroxylation is 1. The first kappa shape index (κ1) is 21.8. The largest absolute Gasteiger partial charge is 0.324 e. The zero-order chi connectivity index (χ0) is 20.1. The van der Waals surface area contributed by atoms with Crippen molar-refractivity contribution in [3.63, 3.8) is 0 Å². The lowest BCUT2D eigenvalue weighted by molar-refractivity contribution is -0.113. The van der Waals surface area contributed by atoms with Crippen molar-refractivity contribution in [1.29, 1.82) is 0 Å². The Bertz CT molecular complexity index is 837. The van der Waals surface area contributed by atoms with Crippen molar-refractivity contribution >= 4 is 58.2 Å². The molecule has 28 heavy (non-hydrogen) atoms. The van der Waals surface area contributed by atoms with E-state index in [1.54, 1.807) is 6.07 Å². The Balaban J connectivity index is 1.51. The molecule has 1 aliphatic carbocycles. The van der Waals surface area contributed by atoms with Crippen molar-refractivity contribution in [2.24, 2.45) is 13.0 Å². The van der Waals surface area contributed by atoms with Gasteiger partial charge < -0.3 is 9.88 Å². The molecule has 0 saturated heterocycles. The summed E-state index contributed by atoms with van der Waals surface area (Å²) in [5.74, 6) is 1.78. The molecular weight excluding hydrogens is 439 g/mol. The Morgan fingerprint density at radius 2 is 1.86 bits per heavy atom. The van der Waals surface area contributed by atoms with E-state index in [9.17, 15) is 4.79 Å². The van der Waals surface area contributed by atoms with E-state index in [0.29, 0.717) is 20.8 Å². The molecule has 1 saturated carbocycles. The normalized spacial score (nSPS) is 15.0. The first-order valence-corrected chi connectivity index (χ1v) is 11.5. The van der Waals surface area contributed by atoms with Crippen molar-refractivity contribution in [3.8, 4) is 0 Å². The third kappa shape index (κ3) is 5.78. The van der Waals surface area contributed by atoms with Crippen molar-refractivity contribution in [2.45, 2.75) is 50.1 Å². The highest BCUT2D eigenvalue weighted by Gasteiger charge is 2.17. The molecule has 0 atom stereocenters. The number of nitrogens with one attached hydrogen (secondary N) is 1. The number of halogens is 3. The summed E-state index contributed by atoms with van der Waals surface area (Å²) in [7, 11) is 1.95. The summed E-state index contributed by atoms with van der Waals surface area (Å²) in [6.07, 6.45) is 8.82. The van der Waals surface area contributed by atoms with Gasteiger partial charge in [-0.1, -0.05) is 78.7 Å². The van der Waals surface area contributed by atoms with E-state index < -0.39 is 0 Å². The third-order valence-corrected chi connectivity index (χ3v) is 7.10. The van der Waals surface area contributed by atoms with Crippen LogP contribution in [0.15, 0.2) is 17.3 Å². The van der Waals surface area contributed by atoms with E-state index in [1.807, 2.05) is 11.6 Å². The van der Waals surface area contributed by atoms with Crippen LogP contribution in [0.1, 0.15) is 44.3 Å². The monoisotopic (exact) mass is 460 g/mol. The number of nitrogens with zero attached hydrogens (tertiary/aromatic N) is 3. The van der Waals surface area contributed by atoms with Gasteiger partial charge in [-0.3, -0.25) is 4.79 Å². The SMILES string of the molecule is Cn1c(CCC2CCCCC2)nnc1SCC(=O)Nc1cc(Cl)c(Cl)cc1Cl. The van der Waals surface area contributed by atoms with Gasteiger partial charge >= 0.3 is 0 Å². The van der Waals surface area contributed by atoms with E-state index >= 15 is 0 Å². The first-order valence-electron chi connectivity index (χ1n) is 9.39. The number of carbonyl (C=O) groups is 1. The fourth-order valence-electron chi connectivity index (χ4n) is 3.43. The third-order valence-electron chi connectivity index (χ3n) is 5.04. The minimum absolute atomic E-state index is 0.197. The van der Waals surface area contributed by atoms with Crippen molar-refractivity contribution < 1.29 is 4.79 Å². The average Bonchev–Trinajstić information content (AvgIpc) is 3.03. The van der Waals surface area contributed by atoms with Crippen LogP contribution in [0.25, 0.3) is 0 Å². The molecule has 2 aromatic rings. The zero-order valence-corrected chi connectivity index (χ0v) is 18.8. The molecule has 0 spiro atoms. The topological polar surface area (TPSA) is 59.8 Å². The molecule has 0 bridgehead atoms. The number of hydrogen-bond acceptors (Lipinski definition) is 4. The summed E-state index contributed by atoms with van der Waals surface area (Å²) in [5, 5.41) is 13.0. The van der Waals surface area contributed by atoms with Crippen LogP contribution in [-0.4, -0.2) is 26.4 Å². The van der Waals surface area contributed by atoms with Gasteiger partial charge in [0.15, 0.2) is 5.16 Å². The van der Waals surface area contributed by atoms with Gasteiger partial charge in [-0.25, -0.2) is 0 Å². The molecule has 5 nitrogen and oxygen atoms in total. The molecule has 1 heterocycles. The Labute approximate surface area is 184 Å². The number of amides is 1. The quantitative estimate of drug-likeness (QED) is 0.404. The number of aromatic nitrogens is 3. The molecule has 1 aliphatic rings. The molecule has 0 aliphatic heterocycles. The predicted octanol–water partition coefficient (Wildman–Crippen LogP) is 6.02. The summed E-state index contributed by atoms with van der Waals surface area (Å²) in [6.45, 7) is 0. The molecule has 1 fully saturated rings. The molecule has 3 rings (SSSR count). The lowest BCUT2D eigenvalue weighted by Gasteiger charge is -2.20. The average molecular weight is 462 g/mol. The van der Waals surface area contributed by atoms with E-state index in [-0.39, 0.29) is 11.7 Å². The second-order valence-electron chi connectivity index (χ2n) is 7.08. The second kappa shape index (κ2) is 10.2. The van der Waals surface area contributed by atoms with Crippen molar-refractivity contribution in [3.05, 3.63) is 33.0 Å². The van der Waals surface area contributed by atoms with Gasteiger partial charge in [0.05, 0.1) is 26.5 Å². The number of benzene rings is 1. The molecule has 9 heteroatoms. The fourth-order valence-corrected chi connectivity index (χ4v) is 4.76. The Morgan fingerprint density at radius 1 is 1.14 bits per heavy atom. The van der Waals surface area contributed by atoms with Crippen molar-refractivity contribution in [1.82, 2.24) is 14.8 Å². The van der Waals surface area contributed by atoms with Crippen LogP contribution in [0.4, 0.5) is 5.69 Å². The maximum Gasteiger partial charge on any atom is 0.234 e. The molecule has 1 aromatic carbocycles. The van der Waals surface area contributed by atoms with Crippen LogP contribution < -0.4 is 5.32 Å². The molecule has 1 N–H and O–H groups in total. The van der Waals surface area contributed by atoms with Crippen LogP contribution in [0.5, 0.6) is 0 Å². The van der Waals surface area contributed by atoms with Gasteiger partial charge in [0.1, 0.15) is 5.82 Å². The highest BCUT2D eigenvalue weighted by atomic mass is 35.5. The standard InChI is InChI=1S/C19H23Cl3N4OS/c1-26-17(8-7-12-5-3-2-4-6-12)24-25-19(26)28-11-18(27)23-16-10-14(21)13(20)9-15(16)22/h9-10,12H,2-8,11H2,1H3,(H,23,27). The summed E-state index contributed by atoms with van der Waals surface area (Å²) >= 11 is 19.3. The van der Waals surface area contributed by atoms with E-state index in [1.165, 1.54) is 49.9 Å². The Morgan fingerprint density at radius 3 is 2.61 bits per heavy atom. The van der Waals surface area contributed by atoms with E-state index in [0.717, 1.165) is 29.7 Å². The number of carbonyl (C=O) groups excluding carboxylic acids is 1. The molecule has 1 aromatic heterocycles. The smallest absolute Gasteiger partial charge is 0.234 e. The second-order valence-corrected chi connectivity index (χ2v) is 9.25. The minimum Gasteiger partial charge on any atom is -0.324 e. The van der Waals surface area contributed by atoms with Crippen LogP contribution in [0.3, 0.4) is 0 Å².